The maximum atomic E-state index is 13.7. The maximum Gasteiger partial charge on any atom is 0.242 e. The third-order valence-electron chi connectivity index (χ3n) is 4.61. The molecule has 0 saturated heterocycles. The lowest BCUT2D eigenvalue weighted by Crippen LogP contribution is -2.47. The molecule has 24 heavy (non-hydrogen) atoms. The molecule has 3 heteroatoms. The van der Waals surface area contributed by atoms with Crippen molar-refractivity contribution in [1.82, 2.24) is 0 Å². The van der Waals surface area contributed by atoms with E-state index in [9.17, 15) is 4.79 Å². The molecule has 0 bridgehead atoms. The molecule has 2 aromatic rings. The number of benzene rings is 2. The van der Waals surface area contributed by atoms with Gasteiger partial charge in [-0.15, -0.1) is 6.58 Å². The summed E-state index contributed by atoms with van der Waals surface area (Å²) in [5.41, 5.74) is 2.59. The van der Waals surface area contributed by atoms with Crippen molar-refractivity contribution in [3.8, 4) is 0 Å². The van der Waals surface area contributed by atoms with Gasteiger partial charge in [-0.25, -0.2) is 0 Å². The first-order valence-electron chi connectivity index (χ1n) is 8.48. The number of nitrogens with zero attached hydrogens (tertiary/aromatic N) is 1. The van der Waals surface area contributed by atoms with Crippen molar-refractivity contribution in [2.24, 2.45) is 0 Å². The van der Waals surface area contributed by atoms with Crippen LogP contribution in [0, 0.1) is 0 Å². The molecule has 1 heterocycles. The average Bonchev–Trinajstić information content (AvgIpc) is 2.78. The molecule has 0 saturated carbocycles. The predicted octanol–water partition coefficient (Wildman–Crippen LogP) is 4.77. The van der Waals surface area contributed by atoms with E-state index in [1.807, 2.05) is 41.3 Å². The molecule has 2 nitrogen and oxygen atoms in total. The number of carbonyl (C=O) groups excluding carboxylic acids is 1. The lowest BCUT2D eigenvalue weighted by molar-refractivity contribution is -0.121. The minimum absolute atomic E-state index is 0.192. The fourth-order valence-electron chi connectivity index (χ4n) is 3.69. The van der Waals surface area contributed by atoms with Crippen LogP contribution in [-0.2, 0) is 10.2 Å². The molecular weight excluding hydrogens is 310 g/mol. The number of anilines is 1. The van der Waals surface area contributed by atoms with Crippen molar-refractivity contribution in [2.75, 3.05) is 11.1 Å². The molecule has 0 N–H and O–H groups in total. The summed E-state index contributed by atoms with van der Waals surface area (Å²) in [4.78, 5) is 15.7. The maximum absolute atomic E-state index is 13.7. The number of hydrogen-bond acceptors (Lipinski definition) is 1. The molecule has 1 aliphatic heterocycles. The highest BCUT2D eigenvalue weighted by Crippen LogP contribution is 2.48. The van der Waals surface area contributed by atoms with Crippen LogP contribution in [0.25, 0.3) is 0 Å². The van der Waals surface area contributed by atoms with E-state index in [0.29, 0.717) is 6.42 Å². The zero-order valence-electron chi connectivity index (χ0n) is 14.8. The van der Waals surface area contributed by atoms with Gasteiger partial charge in [0.2, 0.25) is 5.91 Å². The van der Waals surface area contributed by atoms with Crippen LogP contribution in [0.3, 0.4) is 0 Å². The normalized spacial score (nSPS) is 20.1. The Balaban J connectivity index is 2.23. The van der Waals surface area contributed by atoms with Crippen molar-refractivity contribution in [3.63, 3.8) is 0 Å². The monoisotopic (exact) mass is 335 g/mol. The Morgan fingerprint density at radius 3 is 2.29 bits per heavy atom. The van der Waals surface area contributed by atoms with Crippen LogP contribution in [0.4, 0.5) is 5.69 Å². The Hall–Kier alpha value is -2.13. The summed E-state index contributed by atoms with van der Waals surface area (Å²) in [6.45, 7) is 10.9. The number of amides is 1. The van der Waals surface area contributed by atoms with Crippen LogP contribution in [0.2, 0.25) is 19.6 Å². The van der Waals surface area contributed by atoms with Crippen LogP contribution >= 0.6 is 0 Å². The molecule has 124 valence electrons. The molecule has 3 rings (SSSR count). The fraction of sp³-hybridized carbons (Fsp3) is 0.286. The lowest BCUT2D eigenvalue weighted by atomic mass is 9.73. The zero-order valence-corrected chi connectivity index (χ0v) is 15.8. The molecule has 1 amide bonds. The number of para-hydroxylation sites is 1. The second kappa shape index (κ2) is 6.06. The summed E-state index contributed by atoms with van der Waals surface area (Å²) in [7, 11) is -1.44. The van der Waals surface area contributed by atoms with Crippen LogP contribution in [0.1, 0.15) is 17.5 Å². The van der Waals surface area contributed by atoms with Gasteiger partial charge in [-0.05, 0) is 23.6 Å². The third kappa shape index (κ3) is 2.63. The zero-order chi connectivity index (χ0) is 17.4. The summed E-state index contributed by atoms with van der Waals surface area (Å²) >= 11 is 0. The molecule has 0 aromatic heterocycles. The van der Waals surface area contributed by atoms with Crippen molar-refractivity contribution in [2.45, 2.75) is 31.5 Å². The van der Waals surface area contributed by atoms with Gasteiger partial charge in [-0.3, -0.25) is 4.79 Å². The summed E-state index contributed by atoms with van der Waals surface area (Å²) in [5.74, 6) is 0.192. The molecular formula is C21H25NOSi. The summed E-state index contributed by atoms with van der Waals surface area (Å²) in [6, 6.07) is 18.4. The van der Waals surface area contributed by atoms with E-state index in [0.717, 1.165) is 23.0 Å². The molecule has 0 spiro atoms. The van der Waals surface area contributed by atoms with Crippen molar-refractivity contribution in [3.05, 3.63) is 78.4 Å². The summed E-state index contributed by atoms with van der Waals surface area (Å²) in [6.07, 6.45) is 3.34. The molecule has 1 atom stereocenters. The number of rotatable bonds is 5. The predicted molar refractivity (Wildman–Crippen MR) is 104 cm³/mol. The van der Waals surface area contributed by atoms with E-state index in [1.54, 1.807) is 0 Å². The SMILES string of the molecule is C=CC[C@]1(c2ccccc2)C(=O)N(C[Si](C)(C)C)c2ccccc21. The largest absolute Gasteiger partial charge is 0.314 e. The second-order valence-corrected chi connectivity index (χ2v) is 13.2. The van der Waals surface area contributed by atoms with E-state index in [-0.39, 0.29) is 5.91 Å². The highest BCUT2D eigenvalue weighted by molar-refractivity contribution is 6.77. The van der Waals surface area contributed by atoms with Crippen LogP contribution < -0.4 is 4.90 Å². The molecule has 0 fully saturated rings. The van der Waals surface area contributed by atoms with E-state index >= 15 is 0 Å². The Morgan fingerprint density at radius 1 is 1.04 bits per heavy atom. The van der Waals surface area contributed by atoms with Gasteiger partial charge in [0, 0.05) is 11.9 Å². The summed E-state index contributed by atoms with van der Waals surface area (Å²) < 4.78 is 0. The van der Waals surface area contributed by atoms with Gasteiger partial charge in [0.15, 0.2) is 0 Å². The average molecular weight is 336 g/mol. The molecule has 2 aromatic carbocycles. The Kier molecular flexibility index (Phi) is 4.22. The van der Waals surface area contributed by atoms with Gasteiger partial charge in [0.05, 0.1) is 8.07 Å². The molecule has 1 aliphatic rings. The van der Waals surface area contributed by atoms with Crippen molar-refractivity contribution in [1.29, 1.82) is 0 Å². The van der Waals surface area contributed by atoms with Gasteiger partial charge in [-0.2, -0.15) is 0 Å². The lowest BCUT2D eigenvalue weighted by Gasteiger charge is -2.30. The second-order valence-electron chi connectivity index (χ2n) is 7.73. The highest BCUT2D eigenvalue weighted by atomic mass is 28.3. The first kappa shape index (κ1) is 16.7. The minimum Gasteiger partial charge on any atom is -0.314 e. The summed E-state index contributed by atoms with van der Waals surface area (Å²) in [5, 5.41) is 0. The topological polar surface area (TPSA) is 20.3 Å². The number of hydrogen-bond donors (Lipinski definition) is 0. The van der Waals surface area contributed by atoms with Gasteiger partial charge in [-0.1, -0.05) is 74.2 Å². The highest BCUT2D eigenvalue weighted by Gasteiger charge is 2.51. The minimum atomic E-state index is -1.44. The number of fused-ring (bicyclic) bond motifs is 1. The standard InChI is InChI=1S/C21H25NOSi/c1-5-15-21(17-11-7-6-8-12-17)18-13-9-10-14-19(18)22(20(21)23)16-24(2,3)4/h5-14H,1,15-16H2,2-4H3/t21-/m1/s1. The fourth-order valence-corrected chi connectivity index (χ4v) is 4.95. The molecule has 0 aliphatic carbocycles. The number of allylic oxidation sites excluding steroid dienone is 1. The first-order chi connectivity index (χ1) is 11.4. The van der Waals surface area contributed by atoms with Crippen LogP contribution in [0.15, 0.2) is 67.3 Å². The van der Waals surface area contributed by atoms with Gasteiger partial charge in [0.1, 0.15) is 5.41 Å². The smallest absolute Gasteiger partial charge is 0.242 e. The quantitative estimate of drug-likeness (QED) is 0.569. The Bertz CT molecular complexity index is 763. The van der Waals surface area contributed by atoms with Gasteiger partial charge >= 0.3 is 0 Å². The third-order valence-corrected chi connectivity index (χ3v) is 5.88. The van der Waals surface area contributed by atoms with Crippen LogP contribution in [0.5, 0.6) is 0 Å². The Morgan fingerprint density at radius 2 is 1.67 bits per heavy atom. The molecule has 0 unspecified atom stereocenters. The van der Waals surface area contributed by atoms with E-state index in [2.05, 4.69) is 50.5 Å². The van der Waals surface area contributed by atoms with E-state index < -0.39 is 13.5 Å². The Labute approximate surface area is 145 Å². The first-order valence-corrected chi connectivity index (χ1v) is 12.2. The molecule has 0 radical (unpaired) electrons. The van der Waals surface area contributed by atoms with Crippen molar-refractivity contribution >= 4 is 19.7 Å². The van der Waals surface area contributed by atoms with Gasteiger partial charge in [0.25, 0.3) is 0 Å². The van der Waals surface area contributed by atoms with Gasteiger partial charge < -0.3 is 4.90 Å². The van der Waals surface area contributed by atoms with E-state index in [1.165, 1.54) is 0 Å². The van der Waals surface area contributed by atoms with Crippen LogP contribution in [-0.4, -0.2) is 20.1 Å². The van der Waals surface area contributed by atoms with Crippen molar-refractivity contribution < 1.29 is 4.79 Å². The number of carbonyl (C=O) groups is 1. The van der Waals surface area contributed by atoms with E-state index in [4.69, 9.17) is 0 Å².